The van der Waals surface area contributed by atoms with Crippen LogP contribution < -0.4 is 4.72 Å². The van der Waals surface area contributed by atoms with E-state index >= 15 is 0 Å². The third-order valence-corrected chi connectivity index (χ3v) is 6.51. The van der Waals surface area contributed by atoms with Crippen LogP contribution >= 0.6 is 23.2 Å². The third kappa shape index (κ3) is 4.39. The zero-order valence-electron chi connectivity index (χ0n) is 15.7. The second kappa shape index (κ2) is 7.59. The van der Waals surface area contributed by atoms with Gasteiger partial charge in [-0.3, -0.25) is 4.72 Å². The Kier molecular flexibility index (Phi) is 5.64. The highest BCUT2D eigenvalue weighted by atomic mass is 35.5. The summed E-state index contributed by atoms with van der Waals surface area (Å²) in [6.07, 6.45) is 3.26. The first kappa shape index (κ1) is 21.5. The first-order valence-electron chi connectivity index (χ1n) is 8.41. The van der Waals surface area contributed by atoms with Gasteiger partial charge in [0.1, 0.15) is 10.6 Å². The lowest BCUT2D eigenvalue weighted by Gasteiger charge is -2.15. The highest BCUT2D eigenvalue weighted by Gasteiger charge is 2.24. The largest absolute Gasteiger partial charge is 0.274 e. The molecule has 0 aliphatic heterocycles. The van der Waals surface area contributed by atoms with Crippen molar-refractivity contribution in [3.05, 3.63) is 70.0 Å². The number of halogens is 4. The van der Waals surface area contributed by atoms with Crippen molar-refractivity contribution < 1.29 is 17.2 Å². The van der Waals surface area contributed by atoms with Gasteiger partial charge >= 0.3 is 0 Å². The highest BCUT2D eigenvalue weighted by Crippen LogP contribution is 2.32. The Morgan fingerprint density at radius 3 is 2.28 bits per heavy atom. The molecule has 3 aromatic rings. The Balaban J connectivity index is 1.98. The molecule has 0 unspecified atom stereocenters. The molecule has 0 atom stereocenters. The maximum Gasteiger partial charge on any atom is 0.263 e. The Morgan fingerprint density at radius 1 is 1.10 bits per heavy atom. The van der Waals surface area contributed by atoms with E-state index in [1.165, 1.54) is 22.9 Å². The number of nitrogens with zero attached hydrogens (tertiary/aromatic N) is 2. The van der Waals surface area contributed by atoms with Crippen molar-refractivity contribution in [2.24, 2.45) is 0 Å². The lowest BCUT2D eigenvalue weighted by atomic mass is 9.90. The molecular weight excluding hydrogens is 443 g/mol. The van der Waals surface area contributed by atoms with E-state index in [-0.39, 0.29) is 21.1 Å². The summed E-state index contributed by atoms with van der Waals surface area (Å²) in [7, 11) is -4.37. The summed E-state index contributed by atoms with van der Waals surface area (Å²) in [5.41, 5.74) is -0.0351. The summed E-state index contributed by atoms with van der Waals surface area (Å²) in [6.45, 7) is 5.94. The molecule has 154 valence electrons. The summed E-state index contributed by atoms with van der Waals surface area (Å²) >= 11 is 11.7. The summed E-state index contributed by atoms with van der Waals surface area (Å²) in [4.78, 5) is -0.392. The Hall–Kier alpha value is -2.16. The molecule has 0 spiro atoms. The monoisotopic (exact) mass is 459 g/mol. The molecule has 2 aromatic carbocycles. The zero-order valence-corrected chi connectivity index (χ0v) is 18.0. The first-order chi connectivity index (χ1) is 13.4. The van der Waals surface area contributed by atoms with Gasteiger partial charge in [-0.1, -0.05) is 50.0 Å². The fourth-order valence-electron chi connectivity index (χ4n) is 2.52. The molecular formula is C19H17Cl2F2N3O2S. The summed E-state index contributed by atoms with van der Waals surface area (Å²) in [5, 5.41) is 3.88. The molecule has 5 nitrogen and oxygen atoms in total. The topological polar surface area (TPSA) is 64.0 Å². The smallest absolute Gasteiger partial charge is 0.263 e. The van der Waals surface area contributed by atoms with E-state index in [1.54, 1.807) is 12.4 Å². The van der Waals surface area contributed by atoms with Crippen LogP contribution in [0.25, 0.3) is 5.69 Å². The summed E-state index contributed by atoms with van der Waals surface area (Å²) < 4.78 is 57.5. The van der Waals surface area contributed by atoms with E-state index in [9.17, 15) is 17.2 Å². The number of rotatable bonds is 4. The van der Waals surface area contributed by atoms with Crippen molar-refractivity contribution in [2.45, 2.75) is 31.1 Å². The molecule has 1 N–H and O–H groups in total. The van der Waals surface area contributed by atoms with Gasteiger partial charge in [-0.05, 0) is 23.1 Å². The lowest BCUT2D eigenvalue weighted by Crippen LogP contribution is -2.16. The number of aromatic nitrogens is 2. The predicted octanol–water partition coefficient (Wildman–Crippen LogP) is 5.56. The summed E-state index contributed by atoms with van der Waals surface area (Å²) in [5.74, 6) is -2.20. The van der Waals surface area contributed by atoms with Crippen molar-refractivity contribution in [1.29, 1.82) is 0 Å². The van der Waals surface area contributed by atoms with Gasteiger partial charge in [0.2, 0.25) is 0 Å². The molecule has 0 amide bonds. The van der Waals surface area contributed by atoms with Gasteiger partial charge in [0.15, 0.2) is 11.6 Å². The molecule has 3 rings (SSSR count). The molecule has 0 fully saturated rings. The second-order valence-corrected chi connectivity index (χ2v) is 9.80. The quantitative estimate of drug-likeness (QED) is 0.555. The van der Waals surface area contributed by atoms with Gasteiger partial charge < -0.3 is 0 Å². The van der Waals surface area contributed by atoms with E-state index in [0.717, 1.165) is 17.7 Å². The molecule has 0 aliphatic rings. The van der Waals surface area contributed by atoms with Crippen LogP contribution in [0.4, 0.5) is 14.5 Å². The van der Waals surface area contributed by atoms with Gasteiger partial charge in [0.25, 0.3) is 10.0 Å². The minimum absolute atomic E-state index is 0.000770. The summed E-state index contributed by atoms with van der Waals surface area (Å²) in [6, 6.07) is 5.91. The Labute approximate surface area is 177 Å². The molecule has 0 radical (unpaired) electrons. The predicted molar refractivity (Wildman–Crippen MR) is 109 cm³/mol. The molecule has 1 heterocycles. The van der Waals surface area contributed by atoms with Crippen molar-refractivity contribution in [3.8, 4) is 5.69 Å². The maximum absolute atomic E-state index is 14.6. The van der Waals surface area contributed by atoms with Crippen molar-refractivity contribution in [1.82, 2.24) is 9.78 Å². The van der Waals surface area contributed by atoms with Crippen molar-refractivity contribution in [2.75, 3.05) is 4.72 Å². The average Bonchev–Trinajstić information content (AvgIpc) is 3.11. The first-order valence-corrected chi connectivity index (χ1v) is 10.7. The van der Waals surface area contributed by atoms with E-state index in [1.807, 2.05) is 25.5 Å². The van der Waals surface area contributed by atoms with Crippen molar-refractivity contribution >= 4 is 38.9 Å². The fraction of sp³-hybridized carbons (Fsp3) is 0.211. The molecule has 29 heavy (non-hydrogen) atoms. The minimum atomic E-state index is -4.37. The van der Waals surface area contributed by atoms with Crippen LogP contribution in [-0.4, -0.2) is 18.2 Å². The Morgan fingerprint density at radius 2 is 1.72 bits per heavy atom. The highest BCUT2D eigenvalue weighted by molar-refractivity contribution is 7.92. The minimum Gasteiger partial charge on any atom is -0.274 e. The molecule has 0 saturated carbocycles. The van der Waals surface area contributed by atoms with Crippen LogP contribution in [0.5, 0.6) is 0 Å². The molecule has 10 heteroatoms. The van der Waals surface area contributed by atoms with Crippen LogP contribution in [0.1, 0.15) is 26.3 Å². The third-order valence-electron chi connectivity index (χ3n) is 4.18. The van der Waals surface area contributed by atoms with E-state index in [0.29, 0.717) is 0 Å². The number of benzene rings is 2. The number of anilines is 1. The molecule has 0 bridgehead atoms. The van der Waals surface area contributed by atoms with Gasteiger partial charge in [-0.15, -0.1) is 0 Å². The lowest BCUT2D eigenvalue weighted by molar-refractivity contribution is 0.580. The van der Waals surface area contributed by atoms with Crippen molar-refractivity contribution in [3.63, 3.8) is 0 Å². The Bertz CT molecular complexity index is 1170. The molecule has 0 aliphatic carbocycles. The average molecular weight is 460 g/mol. The zero-order chi connectivity index (χ0) is 21.6. The van der Waals surface area contributed by atoms with Gasteiger partial charge in [0.05, 0.1) is 21.9 Å². The number of sulfonamides is 1. The van der Waals surface area contributed by atoms with E-state index in [4.69, 9.17) is 23.2 Å². The number of hydrogen-bond acceptors (Lipinski definition) is 3. The van der Waals surface area contributed by atoms with Crippen LogP contribution in [-0.2, 0) is 15.4 Å². The maximum atomic E-state index is 14.6. The normalized spacial score (nSPS) is 12.2. The van der Waals surface area contributed by atoms with E-state index in [2.05, 4.69) is 5.10 Å². The molecule has 1 aromatic heterocycles. The fourth-order valence-corrected chi connectivity index (χ4v) is 4.36. The van der Waals surface area contributed by atoms with Crippen LogP contribution in [0, 0.1) is 11.6 Å². The second-order valence-electron chi connectivity index (χ2n) is 7.37. The van der Waals surface area contributed by atoms with Crippen LogP contribution in [0.3, 0.4) is 0 Å². The van der Waals surface area contributed by atoms with Crippen LogP contribution in [0.15, 0.2) is 47.6 Å². The standard InChI is InChI=1S/C19H17Cl2F2N3O2S/c1-19(2,3)11-9-24-26(10-11)12-7-14(22)18(15(23)8-12)25-29(27,28)16-6-4-5-13(20)17(16)21/h4-10,25H,1-3H3. The van der Waals surface area contributed by atoms with E-state index < -0.39 is 32.2 Å². The number of nitrogens with one attached hydrogen (secondary N) is 1. The van der Waals surface area contributed by atoms with Gasteiger partial charge in [-0.25, -0.2) is 21.9 Å². The van der Waals surface area contributed by atoms with Crippen LogP contribution in [0.2, 0.25) is 10.0 Å². The van der Waals surface area contributed by atoms with Gasteiger partial charge in [-0.2, -0.15) is 5.10 Å². The molecule has 0 saturated heterocycles. The number of hydrogen-bond donors (Lipinski definition) is 1. The van der Waals surface area contributed by atoms with Gasteiger partial charge in [0, 0.05) is 18.3 Å². The SMILES string of the molecule is CC(C)(C)c1cnn(-c2cc(F)c(NS(=O)(=O)c3cccc(Cl)c3Cl)c(F)c2)c1.